The normalized spacial score (nSPS) is 51.5. The summed E-state index contributed by atoms with van der Waals surface area (Å²) < 4.78 is 0. The van der Waals surface area contributed by atoms with E-state index in [1.165, 1.54) is 11.8 Å². The van der Waals surface area contributed by atoms with Gasteiger partial charge >= 0.3 is 0 Å². The fraction of sp³-hybridized carbons (Fsp3) is 1.00. The lowest BCUT2D eigenvalue weighted by Crippen LogP contribution is -2.32. The number of hydrogen-bond acceptors (Lipinski definition) is 5. The van der Waals surface area contributed by atoms with Crippen molar-refractivity contribution in [1.29, 1.82) is 0 Å². The molecule has 4 N–H and O–H groups in total. The van der Waals surface area contributed by atoms with E-state index in [0.717, 1.165) is 0 Å². The van der Waals surface area contributed by atoms with Crippen LogP contribution in [0.2, 0.25) is 0 Å². The van der Waals surface area contributed by atoms with Crippen molar-refractivity contribution in [3.05, 3.63) is 0 Å². The first-order valence-electron chi connectivity index (χ1n) is 3.34. The van der Waals surface area contributed by atoms with Crippen LogP contribution in [0.4, 0.5) is 0 Å². The zero-order chi connectivity index (χ0) is 8.59. The molecule has 1 fully saturated rings. The van der Waals surface area contributed by atoms with Gasteiger partial charge < -0.3 is 20.4 Å². The summed E-state index contributed by atoms with van der Waals surface area (Å²) in [6.45, 7) is 0. The Bertz CT molecular complexity index is 129. The van der Waals surface area contributed by atoms with E-state index in [2.05, 4.69) is 0 Å². The first-order chi connectivity index (χ1) is 5.09. The van der Waals surface area contributed by atoms with Crippen LogP contribution in [0.15, 0.2) is 0 Å². The van der Waals surface area contributed by atoms with E-state index in [-0.39, 0.29) is 0 Å². The first-order valence-corrected chi connectivity index (χ1v) is 4.63. The number of hydrogen-bond donors (Lipinski definition) is 4. The molecule has 1 saturated carbocycles. The minimum atomic E-state index is -1.22. The van der Waals surface area contributed by atoms with E-state index in [9.17, 15) is 10.2 Å². The molecule has 0 spiro atoms. The van der Waals surface area contributed by atoms with E-state index < -0.39 is 29.7 Å². The first kappa shape index (κ1) is 9.28. The van der Waals surface area contributed by atoms with E-state index in [4.69, 9.17) is 10.2 Å². The summed E-state index contributed by atoms with van der Waals surface area (Å²) in [5.41, 5.74) is 0. The van der Waals surface area contributed by atoms with Gasteiger partial charge in [0.1, 0.15) is 12.2 Å². The van der Waals surface area contributed by atoms with Gasteiger partial charge in [0.2, 0.25) is 0 Å². The minimum Gasteiger partial charge on any atom is -0.389 e. The van der Waals surface area contributed by atoms with Gasteiger partial charge in [-0.2, -0.15) is 11.8 Å². The van der Waals surface area contributed by atoms with Crippen LogP contribution in [0.25, 0.3) is 0 Å². The molecule has 4 nitrogen and oxygen atoms in total. The molecule has 1 aliphatic carbocycles. The van der Waals surface area contributed by atoms with Gasteiger partial charge in [-0.25, -0.2) is 0 Å². The molecule has 1 aliphatic rings. The smallest absolute Gasteiger partial charge is 0.109 e. The SMILES string of the molecule is CSC1[C@@H](O)[C@@H](O)[C@@H](O)[C@H]1O. The van der Waals surface area contributed by atoms with Crippen molar-refractivity contribution in [3.63, 3.8) is 0 Å². The Morgan fingerprint density at radius 3 is 1.36 bits per heavy atom. The lowest BCUT2D eigenvalue weighted by atomic mass is 10.2. The third-order valence-corrected chi connectivity index (χ3v) is 3.10. The highest BCUT2D eigenvalue weighted by molar-refractivity contribution is 7.99. The third-order valence-electron chi connectivity index (χ3n) is 2.00. The van der Waals surface area contributed by atoms with Crippen molar-refractivity contribution >= 4 is 11.8 Å². The molecule has 66 valence electrons. The van der Waals surface area contributed by atoms with Crippen LogP contribution >= 0.6 is 11.8 Å². The molecular weight excluding hydrogens is 168 g/mol. The molecule has 0 heterocycles. The maximum atomic E-state index is 9.21. The summed E-state index contributed by atoms with van der Waals surface area (Å²) >= 11 is 1.24. The largest absolute Gasteiger partial charge is 0.389 e. The quantitative estimate of drug-likeness (QED) is 0.382. The second kappa shape index (κ2) is 3.28. The molecule has 0 aromatic carbocycles. The minimum absolute atomic E-state index is 0.486. The predicted molar refractivity (Wildman–Crippen MR) is 41.3 cm³/mol. The van der Waals surface area contributed by atoms with Crippen LogP contribution in [-0.2, 0) is 0 Å². The van der Waals surface area contributed by atoms with E-state index in [1.807, 2.05) is 0 Å². The second-order valence-corrected chi connectivity index (χ2v) is 3.68. The van der Waals surface area contributed by atoms with Crippen molar-refractivity contribution in [2.45, 2.75) is 29.7 Å². The standard InChI is InChI=1S/C6H12O4S/c1-11-6-4(9)2(7)3(8)5(6)10/h2-10H,1H3/t2-,3+,4-,5+,6?. The Morgan fingerprint density at radius 2 is 1.18 bits per heavy atom. The van der Waals surface area contributed by atoms with Gasteiger partial charge in [-0.05, 0) is 6.26 Å². The molecule has 1 rings (SSSR count). The number of rotatable bonds is 1. The van der Waals surface area contributed by atoms with Gasteiger partial charge in [-0.15, -0.1) is 0 Å². The number of aliphatic hydroxyl groups excluding tert-OH is 4. The Labute approximate surface area is 68.9 Å². The van der Waals surface area contributed by atoms with Crippen LogP contribution in [0.3, 0.4) is 0 Å². The summed E-state index contributed by atoms with van der Waals surface area (Å²) in [5, 5.41) is 36.1. The zero-order valence-corrected chi connectivity index (χ0v) is 6.90. The summed E-state index contributed by atoms with van der Waals surface area (Å²) in [5.74, 6) is 0. The van der Waals surface area contributed by atoms with Gasteiger partial charge in [0.05, 0.1) is 17.5 Å². The summed E-state index contributed by atoms with van der Waals surface area (Å²) in [4.78, 5) is 0. The summed E-state index contributed by atoms with van der Waals surface area (Å²) in [6.07, 6.45) is -2.79. The van der Waals surface area contributed by atoms with Crippen molar-refractivity contribution in [1.82, 2.24) is 0 Å². The van der Waals surface area contributed by atoms with Gasteiger partial charge in [-0.1, -0.05) is 0 Å². The molecule has 0 aliphatic heterocycles. The van der Waals surface area contributed by atoms with Crippen LogP contribution in [-0.4, -0.2) is 56.3 Å². The molecule has 0 radical (unpaired) electrons. The molecule has 0 aromatic heterocycles. The van der Waals surface area contributed by atoms with Crippen LogP contribution < -0.4 is 0 Å². The van der Waals surface area contributed by atoms with Crippen LogP contribution in [0, 0.1) is 0 Å². The molecule has 0 amide bonds. The van der Waals surface area contributed by atoms with Gasteiger partial charge in [0.25, 0.3) is 0 Å². The van der Waals surface area contributed by atoms with E-state index in [1.54, 1.807) is 6.26 Å². The lowest BCUT2D eigenvalue weighted by molar-refractivity contribution is -0.0413. The Hall–Kier alpha value is 0.190. The number of aliphatic hydroxyl groups is 4. The average Bonchev–Trinajstić information content (AvgIpc) is 2.17. The molecule has 1 unspecified atom stereocenters. The monoisotopic (exact) mass is 180 g/mol. The van der Waals surface area contributed by atoms with Gasteiger partial charge in [-0.3, -0.25) is 0 Å². The second-order valence-electron chi connectivity index (χ2n) is 2.66. The van der Waals surface area contributed by atoms with Crippen LogP contribution in [0.5, 0.6) is 0 Å². The lowest BCUT2D eigenvalue weighted by Gasteiger charge is -2.14. The van der Waals surface area contributed by atoms with E-state index in [0.29, 0.717) is 0 Å². The maximum Gasteiger partial charge on any atom is 0.109 e. The molecule has 0 bridgehead atoms. The Morgan fingerprint density at radius 1 is 0.818 bits per heavy atom. The van der Waals surface area contributed by atoms with Gasteiger partial charge in [0, 0.05) is 0 Å². The van der Waals surface area contributed by atoms with Crippen molar-refractivity contribution < 1.29 is 20.4 Å². The highest BCUT2D eigenvalue weighted by Crippen LogP contribution is 2.29. The van der Waals surface area contributed by atoms with Crippen molar-refractivity contribution in [3.8, 4) is 0 Å². The summed E-state index contributed by atoms with van der Waals surface area (Å²) in [7, 11) is 0. The van der Waals surface area contributed by atoms with Gasteiger partial charge in [0.15, 0.2) is 0 Å². The topological polar surface area (TPSA) is 80.9 Å². The predicted octanol–water partition coefficient (Wildman–Crippen LogP) is -1.82. The maximum absolute atomic E-state index is 9.21. The molecule has 0 aromatic rings. The van der Waals surface area contributed by atoms with Crippen molar-refractivity contribution in [2.24, 2.45) is 0 Å². The molecule has 5 heteroatoms. The third kappa shape index (κ3) is 1.39. The highest BCUT2D eigenvalue weighted by Gasteiger charge is 2.47. The fourth-order valence-electron chi connectivity index (χ4n) is 1.27. The highest BCUT2D eigenvalue weighted by atomic mass is 32.2. The Kier molecular flexibility index (Phi) is 2.77. The molecule has 5 atom stereocenters. The van der Waals surface area contributed by atoms with E-state index >= 15 is 0 Å². The fourth-order valence-corrected chi connectivity index (χ4v) is 2.15. The zero-order valence-electron chi connectivity index (χ0n) is 6.08. The molecular formula is C6H12O4S. The van der Waals surface area contributed by atoms with Crippen LogP contribution in [0.1, 0.15) is 0 Å². The molecule has 0 saturated heterocycles. The summed E-state index contributed by atoms with van der Waals surface area (Å²) in [6, 6.07) is 0. The Balaban J connectivity index is 2.69. The molecule has 11 heavy (non-hydrogen) atoms. The number of thioether (sulfide) groups is 1. The van der Waals surface area contributed by atoms with Crippen molar-refractivity contribution in [2.75, 3.05) is 6.26 Å². The average molecular weight is 180 g/mol.